The quantitative estimate of drug-likeness (QED) is 0.664. The fourth-order valence-corrected chi connectivity index (χ4v) is 2.47. The van der Waals surface area contributed by atoms with Crippen LogP contribution >= 0.6 is 0 Å². The topological polar surface area (TPSA) is 18.5 Å². The highest BCUT2D eigenvalue weighted by molar-refractivity contribution is 4.68. The summed E-state index contributed by atoms with van der Waals surface area (Å²) < 4.78 is 0. The van der Waals surface area contributed by atoms with Gasteiger partial charge in [0.2, 0.25) is 0 Å². The van der Waals surface area contributed by atoms with Crippen LogP contribution in [0.25, 0.3) is 0 Å². The molecule has 0 bridgehead atoms. The second-order valence-electron chi connectivity index (χ2n) is 5.50. The van der Waals surface area contributed by atoms with Gasteiger partial charge in [-0.2, -0.15) is 0 Å². The van der Waals surface area contributed by atoms with Gasteiger partial charge in [0.15, 0.2) is 0 Å². The van der Waals surface area contributed by atoms with E-state index in [1.54, 1.807) is 0 Å². The SMILES string of the molecule is CCCC(C)NCCN(C)CCN1CCCC1. The Hall–Kier alpha value is -0.120. The van der Waals surface area contributed by atoms with Crippen LogP contribution in [0.2, 0.25) is 0 Å². The molecule has 1 fully saturated rings. The van der Waals surface area contributed by atoms with Gasteiger partial charge in [-0.3, -0.25) is 0 Å². The predicted molar refractivity (Wildman–Crippen MR) is 75.5 cm³/mol. The van der Waals surface area contributed by atoms with E-state index in [0.717, 1.165) is 6.54 Å². The molecule has 1 atom stereocenters. The molecule has 0 aromatic carbocycles. The van der Waals surface area contributed by atoms with E-state index < -0.39 is 0 Å². The summed E-state index contributed by atoms with van der Waals surface area (Å²) >= 11 is 0. The Morgan fingerprint density at radius 1 is 1.24 bits per heavy atom. The van der Waals surface area contributed by atoms with Crippen LogP contribution in [0.3, 0.4) is 0 Å². The first kappa shape index (κ1) is 14.9. The summed E-state index contributed by atoms with van der Waals surface area (Å²) in [6, 6.07) is 0.673. The van der Waals surface area contributed by atoms with Gasteiger partial charge in [-0.1, -0.05) is 13.3 Å². The van der Waals surface area contributed by atoms with Crippen LogP contribution in [0.4, 0.5) is 0 Å². The second kappa shape index (κ2) is 8.90. The summed E-state index contributed by atoms with van der Waals surface area (Å²) in [5.41, 5.74) is 0. The highest BCUT2D eigenvalue weighted by Gasteiger charge is 2.11. The first-order valence-electron chi connectivity index (χ1n) is 7.36. The number of rotatable bonds is 9. The maximum absolute atomic E-state index is 3.59. The molecule has 1 rings (SSSR count). The van der Waals surface area contributed by atoms with Crippen molar-refractivity contribution in [3.63, 3.8) is 0 Å². The molecule has 1 unspecified atom stereocenters. The minimum atomic E-state index is 0.673. The van der Waals surface area contributed by atoms with Gasteiger partial charge in [-0.15, -0.1) is 0 Å². The average Bonchev–Trinajstić information content (AvgIpc) is 2.79. The summed E-state index contributed by atoms with van der Waals surface area (Å²) in [5, 5.41) is 3.59. The molecule has 1 heterocycles. The van der Waals surface area contributed by atoms with E-state index in [9.17, 15) is 0 Å². The Labute approximate surface area is 108 Å². The normalized spacial score (nSPS) is 19.1. The summed E-state index contributed by atoms with van der Waals surface area (Å²) in [4.78, 5) is 5.04. The zero-order chi connectivity index (χ0) is 12.5. The van der Waals surface area contributed by atoms with E-state index in [4.69, 9.17) is 0 Å². The van der Waals surface area contributed by atoms with E-state index in [0.29, 0.717) is 6.04 Å². The molecule has 0 saturated carbocycles. The number of hydrogen-bond donors (Lipinski definition) is 1. The Bertz CT molecular complexity index is 178. The third-order valence-corrected chi connectivity index (χ3v) is 3.70. The number of nitrogens with zero attached hydrogens (tertiary/aromatic N) is 2. The van der Waals surface area contributed by atoms with E-state index >= 15 is 0 Å². The first-order chi connectivity index (χ1) is 8.22. The number of likely N-dealkylation sites (tertiary alicyclic amines) is 1. The van der Waals surface area contributed by atoms with Crippen molar-refractivity contribution in [1.82, 2.24) is 15.1 Å². The molecule has 1 aliphatic rings. The molecule has 3 heteroatoms. The van der Waals surface area contributed by atoms with Gasteiger partial charge in [0, 0.05) is 32.2 Å². The van der Waals surface area contributed by atoms with Crippen LogP contribution < -0.4 is 5.32 Å². The predicted octanol–water partition coefficient (Wildman–Crippen LogP) is 1.79. The van der Waals surface area contributed by atoms with Gasteiger partial charge in [0.25, 0.3) is 0 Å². The molecule has 0 aromatic rings. The largest absolute Gasteiger partial charge is 0.313 e. The molecule has 0 amide bonds. The molecule has 0 radical (unpaired) electrons. The van der Waals surface area contributed by atoms with Crippen molar-refractivity contribution in [2.75, 3.05) is 46.3 Å². The van der Waals surface area contributed by atoms with Crippen molar-refractivity contribution < 1.29 is 0 Å². The maximum Gasteiger partial charge on any atom is 0.0109 e. The van der Waals surface area contributed by atoms with Crippen LogP contribution in [-0.2, 0) is 0 Å². The summed E-state index contributed by atoms with van der Waals surface area (Å²) in [7, 11) is 2.24. The van der Waals surface area contributed by atoms with Crippen LogP contribution in [0, 0.1) is 0 Å². The Morgan fingerprint density at radius 2 is 1.94 bits per heavy atom. The fraction of sp³-hybridized carbons (Fsp3) is 1.00. The van der Waals surface area contributed by atoms with Crippen molar-refractivity contribution in [2.24, 2.45) is 0 Å². The van der Waals surface area contributed by atoms with Crippen molar-refractivity contribution in [3.8, 4) is 0 Å². The highest BCUT2D eigenvalue weighted by Crippen LogP contribution is 2.06. The van der Waals surface area contributed by atoms with E-state index in [2.05, 4.69) is 36.0 Å². The molecular weight excluding hydrogens is 210 g/mol. The lowest BCUT2D eigenvalue weighted by molar-refractivity contribution is 0.254. The van der Waals surface area contributed by atoms with Crippen molar-refractivity contribution in [3.05, 3.63) is 0 Å². The number of likely N-dealkylation sites (N-methyl/N-ethyl adjacent to an activating group) is 1. The maximum atomic E-state index is 3.59. The highest BCUT2D eigenvalue weighted by atomic mass is 15.2. The Balaban J connectivity index is 1.94. The summed E-state index contributed by atoms with van der Waals surface area (Å²) in [5.74, 6) is 0. The average molecular weight is 241 g/mol. The van der Waals surface area contributed by atoms with Crippen molar-refractivity contribution in [1.29, 1.82) is 0 Å². The Morgan fingerprint density at radius 3 is 2.59 bits per heavy atom. The van der Waals surface area contributed by atoms with Gasteiger partial charge in [-0.05, 0) is 46.3 Å². The fourth-order valence-electron chi connectivity index (χ4n) is 2.47. The molecule has 1 N–H and O–H groups in total. The molecule has 0 aliphatic carbocycles. The third kappa shape index (κ3) is 7.02. The van der Waals surface area contributed by atoms with Crippen LogP contribution in [-0.4, -0.2) is 62.2 Å². The monoisotopic (exact) mass is 241 g/mol. The van der Waals surface area contributed by atoms with Gasteiger partial charge in [-0.25, -0.2) is 0 Å². The summed E-state index contributed by atoms with van der Waals surface area (Å²) in [6.07, 6.45) is 5.37. The second-order valence-corrected chi connectivity index (χ2v) is 5.50. The van der Waals surface area contributed by atoms with Gasteiger partial charge < -0.3 is 15.1 Å². The first-order valence-corrected chi connectivity index (χ1v) is 7.36. The van der Waals surface area contributed by atoms with Gasteiger partial charge >= 0.3 is 0 Å². The smallest absolute Gasteiger partial charge is 0.0109 e. The third-order valence-electron chi connectivity index (χ3n) is 3.70. The molecule has 102 valence electrons. The minimum absolute atomic E-state index is 0.673. The molecule has 1 aliphatic heterocycles. The van der Waals surface area contributed by atoms with Crippen molar-refractivity contribution in [2.45, 2.75) is 45.6 Å². The summed E-state index contributed by atoms with van der Waals surface area (Å²) in [6.45, 7) is 11.9. The molecule has 0 spiro atoms. The lowest BCUT2D eigenvalue weighted by atomic mass is 10.2. The Kier molecular flexibility index (Phi) is 7.82. The van der Waals surface area contributed by atoms with E-state index in [1.807, 2.05) is 0 Å². The molecule has 0 aromatic heterocycles. The van der Waals surface area contributed by atoms with E-state index in [-0.39, 0.29) is 0 Å². The van der Waals surface area contributed by atoms with Gasteiger partial charge in [0.1, 0.15) is 0 Å². The van der Waals surface area contributed by atoms with E-state index in [1.165, 1.54) is 58.4 Å². The van der Waals surface area contributed by atoms with Crippen molar-refractivity contribution >= 4 is 0 Å². The minimum Gasteiger partial charge on any atom is -0.313 e. The standard InChI is InChI=1S/C14H31N3/c1-4-7-14(2)15-8-11-16(3)12-13-17-9-5-6-10-17/h14-15H,4-13H2,1-3H3. The van der Waals surface area contributed by atoms with Crippen LogP contribution in [0.5, 0.6) is 0 Å². The number of nitrogens with one attached hydrogen (secondary N) is 1. The van der Waals surface area contributed by atoms with Crippen LogP contribution in [0.15, 0.2) is 0 Å². The van der Waals surface area contributed by atoms with Gasteiger partial charge in [0.05, 0.1) is 0 Å². The molecule has 17 heavy (non-hydrogen) atoms. The molecular formula is C14H31N3. The number of hydrogen-bond acceptors (Lipinski definition) is 3. The lowest BCUT2D eigenvalue weighted by Gasteiger charge is -2.22. The van der Waals surface area contributed by atoms with Crippen LogP contribution in [0.1, 0.15) is 39.5 Å². The zero-order valence-corrected chi connectivity index (χ0v) is 12.0. The lowest BCUT2D eigenvalue weighted by Crippen LogP contribution is -2.37. The zero-order valence-electron chi connectivity index (χ0n) is 12.0. The molecule has 3 nitrogen and oxygen atoms in total. The molecule has 1 saturated heterocycles.